The van der Waals surface area contributed by atoms with Crippen LogP contribution in [0.25, 0.3) is 0 Å². The molecule has 0 N–H and O–H groups in total. The Labute approximate surface area is 139 Å². The van der Waals surface area contributed by atoms with E-state index in [4.69, 9.17) is 9.47 Å². The van der Waals surface area contributed by atoms with E-state index in [2.05, 4.69) is 29.8 Å². The van der Waals surface area contributed by atoms with E-state index >= 15 is 0 Å². The van der Waals surface area contributed by atoms with E-state index in [0.717, 1.165) is 36.9 Å². The molecule has 0 rings (SSSR count). The van der Waals surface area contributed by atoms with Crippen molar-refractivity contribution >= 4 is 22.1 Å². The van der Waals surface area contributed by atoms with Crippen molar-refractivity contribution in [3.8, 4) is 0 Å². The molecule has 0 spiro atoms. The predicted molar refractivity (Wildman–Crippen MR) is 92.1 cm³/mol. The maximum absolute atomic E-state index is 11.3. The summed E-state index contributed by atoms with van der Waals surface area (Å²) < 4.78 is 10.1. The molecule has 126 valence electrons. The van der Waals surface area contributed by atoms with E-state index in [1.807, 2.05) is 0 Å². The highest BCUT2D eigenvalue weighted by Crippen LogP contribution is 2.10. The van der Waals surface area contributed by atoms with E-state index < -0.39 is 6.16 Å². The molecular weight excluding hydrogens is 332 g/mol. The molecule has 0 amide bonds. The van der Waals surface area contributed by atoms with E-state index in [1.54, 1.807) is 0 Å². The van der Waals surface area contributed by atoms with Crippen LogP contribution in [0.4, 0.5) is 4.79 Å². The fourth-order valence-corrected chi connectivity index (χ4v) is 2.48. The topological polar surface area (TPSA) is 35.5 Å². The Bertz CT molecular complexity index is 232. The number of alkyl halides is 1. The van der Waals surface area contributed by atoms with Crippen LogP contribution in [0.15, 0.2) is 0 Å². The van der Waals surface area contributed by atoms with Gasteiger partial charge in [-0.05, 0) is 25.2 Å². The molecule has 0 fully saturated rings. The number of halogens is 1. The second-order valence-corrected chi connectivity index (χ2v) is 6.79. The molecule has 0 aliphatic heterocycles. The lowest BCUT2D eigenvalue weighted by Gasteiger charge is -2.06. The van der Waals surface area contributed by atoms with Crippen molar-refractivity contribution in [2.45, 2.75) is 78.1 Å². The van der Waals surface area contributed by atoms with Gasteiger partial charge in [0.1, 0.15) is 0 Å². The molecule has 0 heterocycles. The summed E-state index contributed by atoms with van der Waals surface area (Å²) in [6.45, 7) is 5.51. The first-order chi connectivity index (χ1) is 10.2. The fourth-order valence-electron chi connectivity index (χ4n) is 2.09. The lowest BCUT2D eigenvalue weighted by molar-refractivity contribution is 0.0529. The molecule has 21 heavy (non-hydrogen) atoms. The first-order valence-electron chi connectivity index (χ1n) is 8.52. The van der Waals surface area contributed by atoms with Crippen LogP contribution < -0.4 is 0 Å². The van der Waals surface area contributed by atoms with Crippen LogP contribution in [0.1, 0.15) is 78.1 Å². The molecule has 0 aromatic rings. The summed E-state index contributed by atoms with van der Waals surface area (Å²) in [5.74, 6) is 0.808. The van der Waals surface area contributed by atoms with Crippen molar-refractivity contribution in [1.82, 2.24) is 0 Å². The summed E-state index contributed by atoms with van der Waals surface area (Å²) in [4.78, 5) is 11.3. The quantitative estimate of drug-likeness (QED) is 0.212. The maximum Gasteiger partial charge on any atom is 0.508 e. The molecule has 0 aliphatic rings. The van der Waals surface area contributed by atoms with Crippen LogP contribution >= 0.6 is 15.9 Å². The van der Waals surface area contributed by atoms with Crippen LogP contribution in [0.5, 0.6) is 0 Å². The van der Waals surface area contributed by atoms with Gasteiger partial charge in [-0.15, -0.1) is 0 Å². The normalized spacial score (nSPS) is 10.9. The number of hydrogen-bond acceptors (Lipinski definition) is 3. The van der Waals surface area contributed by atoms with Gasteiger partial charge in [0.25, 0.3) is 0 Å². The molecule has 0 bridgehead atoms. The Morgan fingerprint density at radius 1 is 0.810 bits per heavy atom. The van der Waals surface area contributed by atoms with E-state index in [0.29, 0.717) is 13.2 Å². The lowest BCUT2D eigenvalue weighted by Crippen LogP contribution is -2.09. The smallest absolute Gasteiger partial charge is 0.434 e. The van der Waals surface area contributed by atoms with Crippen LogP contribution in [0.3, 0.4) is 0 Å². The minimum absolute atomic E-state index is 0.482. The third-order valence-corrected chi connectivity index (χ3v) is 3.95. The third kappa shape index (κ3) is 17.7. The highest BCUT2D eigenvalue weighted by molar-refractivity contribution is 9.09. The molecule has 3 nitrogen and oxygen atoms in total. The number of rotatable bonds is 14. The number of carbonyl (C=O) groups excluding carboxylic acids is 1. The summed E-state index contributed by atoms with van der Waals surface area (Å²) in [6.07, 6.45) is 11.1. The summed E-state index contributed by atoms with van der Waals surface area (Å²) in [7, 11) is 0. The van der Waals surface area contributed by atoms with Crippen molar-refractivity contribution < 1.29 is 14.3 Å². The summed E-state index contributed by atoms with van der Waals surface area (Å²) in [5, 5.41) is 1.05. The van der Waals surface area contributed by atoms with Crippen molar-refractivity contribution in [3.05, 3.63) is 0 Å². The van der Waals surface area contributed by atoms with Gasteiger partial charge in [0, 0.05) is 5.33 Å². The number of unbranched alkanes of at least 4 members (excludes halogenated alkanes) is 7. The molecular formula is C17H33BrO3. The molecule has 4 heteroatoms. The molecule has 0 saturated carbocycles. The highest BCUT2D eigenvalue weighted by atomic mass is 79.9. The molecule has 0 unspecified atom stereocenters. The van der Waals surface area contributed by atoms with E-state index in [9.17, 15) is 4.79 Å². The van der Waals surface area contributed by atoms with Gasteiger partial charge in [-0.3, -0.25) is 0 Å². The monoisotopic (exact) mass is 364 g/mol. The Balaban J connectivity index is 3.16. The fraction of sp³-hybridized carbons (Fsp3) is 0.941. The SMILES string of the molecule is CC(C)CCCCCCCOC(=O)OCCCCCCBr. The number of hydrogen-bond donors (Lipinski definition) is 0. The average Bonchev–Trinajstić information content (AvgIpc) is 2.45. The van der Waals surface area contributed by atoms with Crippen LogP contribution in [-0.2, 0) is 9.47 Å². The van der Waals surface area contributed by atoms with Crippen LogP contribution in [0, 0.1) is 5.92 Å². The minimum atomic E-state index is -0.504. The number of carbonyl (C=O) groups is 1. The molecule has 0 atom stereocenters. The van der Waals surface area contributed by atoms with Gasteiger partial charge in [0.15, 0.2) is 0 Å². The third-order valence-electron chi connectivity index (χ3n) is 3.39. The summed E-state index contributed by atoms with van der Waals surface area (Å²) in [6, 6.07) is 0. The van der Waals surface area contributed by atoms with Crippen molar-refractivity contribution in [2.24, 2.45) is 5.92 Å². The molecule has 0 saturated heterocycles. The summed E-state index contributed by atoms with van der Waals surface area (Å²) in [5.41, 5.74) is 0. The van der Waals surface area contributed by atoms with E-state index in [1.165, 1.54) is 38.5 Å². The van der Waals surface area contributed by atoms with Gasteiger partial charge in [-0.25, -0.2) is 4.79 Å². The van der Waals surface area contributed by atoms with Gasteiger partial charge < -0.3 is 9.47 Å². The minimum Gasteiger partial charge on any atom is -0.434 e. The van der Waals surface area contributed by atoms with Crippen LogP contribution in [-0.4, -0.2) is 24.7 Å². The molecule has 0 aliphatic carbocycles. The van der Waals surface area contributed by atoms with Gasteiger partial charge in [-0.2, -0.15) is 0 Å². The average molecular weight is 365 g/mol. The molecule has 0 aromatic carbocycles. The predicted octanol–water partition coefficient (Wildman–Crippen LogP) is 6.09. The maximum atomic E-state index is 11.3. The Morgan fingerprint density at radius 2 is 1.29 bits per heavy atom. The van der Waals surface area contributed by atoms with Crippen LogP contribution in [0.2, 0.25) is 0 Å². The molecule has 0 radical (unpaired) electrons. The largest absolute Gasteiger partial charge is 0.508 e. The first kappa shape index (κ1) is 20.8. The van der Waals surface area contributed by atoms with Gasteiger partial charge in [-0.1, -0.05) is 74.7 Å². The van der Waals surface area contributed by atoms with Gasteiger partial charge in [0.2, 0.25) is 0 Å². The Morgan fingerprint density at radius 3 is 1.81 bits per heavy atom. The highest BCUT2D eigenvalue weighted by Gasteiger charge is 2.03. The Kier molecular flexibility index (Phi) is 15.9. The zero-order chi connectivity index (χ0) is 15.8. The van der Waals surface area contributed by atoms with Crippen molar-refractivity contribution in [3.63, 3.8) is 0 Å². The zero-order valence-corrected chi connectivity index (χ0v) is 15.5. The first-order valence-corrected chi connectivity index (χ1v) is 9.64. The lowest BCUT2D eigenvalue weighted by atomic mass is 10.0. The van der Waals surface area contributed by atoms with E-state index in [-0.39, 0.29) is 0 Å². The second kappa shape index (κ2) is 16.1. The zero-order valence-electron chi connectivity index (χ0n) is 13.9. The van der Waals surface area contributed by atoms with Gasteiger partial charge in [0.05, 0.1) is 13.2 Å². The Hall–Kier alpha value is -0.250. The summed E-state index contributed by atoms with van der Waals surface area (Å²) >= 11 is 3.40. The molecule has 0 aromatic heterocycles. The second-order valence-electron chi connectivity index (χ2n) is 6.00. The van der Waals surface area contributed by atoms with Crippen molar-refractivity contribution in [1.29, 1.82) is 0 Å². The van der Waals surface area contributed by atoms with Gasteiger partial charge >= 0.3 is 6.16 Å². The number of ether oxygens (including phenoxy) is 2. The standard InChI is InChI=1S/C17H33BrO3/c1-16(2)12-8-4-3-6-10-14-20-17(19)21-15-11-7-5-9-13-18/h16H,3-15H2,1-2H3. The van der Waals surface area contributed by atoms with Crippen molar-refractivity contribution in [2.75, 3.05) is 18.5 Å².